The first-order valence-corrected chi connectivity index (χ1v) is 7.55. The molecule has 1 atom stereocenters. The predicted octanol–water partition coefficient (Wildman–Crippen LogP) is 5.97. The van der Waals surface area contributed by atoms with E-state index in [4.69, 9.17) is 4.89 Å². The molecule has 0 aliphatic carbocycles. The maximum Gasteiger partial charge on any atom is 0.483 e. The highest BCUT2D eigenvalue weighted by atomic mass is 31.2. The Bertz CT molecular complexity index is 706. The van der Waals surface area contributed by atoms with Crippen LogP contribution in [0.2, 0.25) is 0 Å². The van der Waals surface area contributed by atoms with E-state index in [0.717, 1.165) is 0 Å². The molecule has 0 spiro atoms. The van der Waals surface area contributed by atoms with Gasteiger partial charge in [-0.1, -0.05) is 0 Å². The molecule has 0 radical (unpaired) electrons. The highest BCUT2D eigenvalue weighted by molar-refractivity contribution is 7.47. The lowest BCUT2D eigenvalue weighted by atomic mass is 9.97. The van der Waals surface area contributed by atoms with Crippen LogP contribution in [0.5, 0.6) is 0 Å². The molecule has 0 fully saturated rings. The van der Waals surface area contributed by atoms with Crippen molar-refractivity contribution in [2.45, 2.75) is 48.3 Å². The van der Waals surface area contributed by atoms with Gasteiger partial charge < -0.3 is 4.89 Å². The van der Waals surface area contributed by atoms with Crippen molar-refractivity contribution in [1.82, 2.24) is 0 Å². The first kappa shape index (κ1) is 29.8. The minimum atomic E-state index is -8.56. The zero-order valence-corrected chi connectivity index (χ0v) is 13.8. The topological polar surface area (TPSA) is 55.8 Å². The number of alkyl halides is 18. The Hall–Kier alpha value is -1.15. The summed E-state index contributed by atoms with van der Waals surface area (Å²) in [5.41, 5.74) is 0. The third-order valence-corrected chi connectivity index (χ3v) is 3.61. The Morgan fingerprint density at radius 1 is 0.452 bits per heavy atom. The largest absolute Gasteiger partial charge is 0.483 e. The third-order valence-electron chi connectivity index (χ3n) is 2.69. The van der Waals surface area contributed by atoms with Crippen molar-refractivity contribution < 1.29 is 97.5 Å². The number of rotatable bonds is 8. The van der Waals surface area contributed by atoms with Gasteiger partial charge in [-0.05, 0) is 0 Å². The smallest absolute Gasteiger partial charge is 0.302 e. The second-order valence-electron chi connectivity index (χ2n) is 4.98. The first-order valence-electron chi connectivity index (χ1n) is 6.06. The second-order valence-corrected chi connectivity index (χ2v) is 6.28. The van der Waals surface area contributed by atoms with Crippen LogP contribution < -0.4 is 0 Å². The Kier molecular flexibility index (Phi) is 7.16. The molecule has 1 N–H and O–H groups in total. The van der Waals surface area contributed by atoms with Crippen molar-refractivity contribution in [2.75, 3.05) is 0 Å². The zero-order valence-electron chi connectivity index (χ0n) is 12.9. The van der Waals surface area contributed by atoms with Gasteiger partial charge in [0.2, 0.25) is 0 Å². The summed E-state index contributed by atoms with van der Waals surface area (Å²) in [5.74, 6) is -33.6. The van der Waals surface area contributed by atoms with Gasteiger partial charge in [-0.3, -0.25) is 0 Å². The minimum Gasteiger partial charge on any atom is -0.302 e. The summed E-state index contributed by atoms with van der Waals surface area (Å²) in [5, 5.41) is 0. The number of halogens is 18. The van der Waals surface area contributed by atoms with E-state index in [-0.39, 0.29) is 0 Å². The minimum absolute atomic E-state index is 1.59. The van der Waals surface area contributed by atoms with Crippen LogP contribution in [0.4, 0.5) is 79.0 Å². The van der Waals surface area contributed by atoms with Gasteiger partial charge in [0.05, 0.1) is 0 Å². The van der Waals surface area contributed by atoms with Crippen molar-refractivity contribution >= 4 is 7.82 Å². The molecular formula is C8HF18O4P. The molecule has 0 aromatic heterocycles. The average Bonchev–Trinajstić information content (AvgIpc) is 2.41. The monoisotopic (exact) mass is 534 g/mol. The molecule has 0 heterocycles. The van der Waals surface area contributed by atoms with Gasteiger partial charge in [0.25, 0.3) is 0 Å². The predicted molar refractivity (Wildman–Crippen MR) is 53.8 cm³/mol. The zero-order chi connectivity index (χ0) is 25.9. The van der Waals surface area contributed by atoms with E-state index in [1.165, 1.54) is 0 Å². The van der Waals surface area contributed by atoms with Crippen LogP contribution in [0.15, 0.2) is 0 Å². The molecule has 0 aliphatic rings. The summed E-state index contributed by atoms with van der Waals surface area (Å²) in [6, 6.07) is 0. The van der Waals surface area contributed by atoms with Gasteiger partial charge in [0, 0.05) is 0 Å². The van der Waals surface area contributed by atoms with Crippen molar-refractivity contribution in [3.63, 3.8) is 0 Å². The molecule has 1 unspecified atom stereocenters. The molecule has 4 nitrogen and oxygen atoms in total. The van der Waals surface area contributed by atoms with Crippen molar-refractivity contribution in [3.05, 3.63) is 0 Å². The van der Waals surface area contributed by atoms with Gasteiger partial charge in [-0.25, -0.2) is 13.6 Å². The van der Waals surface area contributed by atoms with Crippen LogP contribution in [0.3, 0.4) is 0 Å². The molecule has 0 saturated carbocycles. The fourth-order valence-electron chi connectivity index (χ4n) is 1.17. The highest BCUT2D eigenvalue weighted by Crippen LogP contribution is 2.64. The highest BCUT2D eigenvalue weighted by Gasteiger charge is 2.91. The lowest BCUT2D eigenvalue weighted by molar-refractivity contribution is -0.459. The quantitative estimate of drug-likeness (QED) is 0.308. The summed E-state index contributed by atoms with van der Waals surface area (Å²) >= 11 is 0. The SMILES string of the molecule is O=P(O)(OC(F)(F)C(F)(F)F)OC(F)(F)C(F)(F)C(F)(F)C(F)(F)C(F)(F)C(F)(F)F. The van der Waals surface area contributed by atoms with Crippen LogP contribution >= 0.6 is 7.82 Å². The van der Waals surface area contributed by atoms with Crippen molar-refractivity contribution in [1.29, 1.82) is 0 Å². The lowest BCUT2D eigenvalue weighted by Gasteiger charge is -2.39. The molecule has 188 valence electrons. The standard InChI is InChI=1S/C8HF18O4P/c9-1(10,3(13,14)5(17,18)19)2(11,12)4(15,16)7(23,24)29-31(27,28)30-8(25,26)6(20,21)22/h(H,27,28). The number of hydrogen-bond acceptors (Lipinski definition) is 3. The van der Waals surface area contributed by atoms with Gasteiger partial charge in [0.15, 0.2) is 0 Å². The molecule has 0 aromatic rings. The van der Waals surface area contributed by atoms with E-state index < -0.39 is 56.1 Å². The molecule has 0 rings (SSSR count). The van der Waals surface area contributed by atoms with E-state index >= 15 is 0 Å². The van der Waals surface area contributed by atoms with Crippen molar-refractivity contribution in [3.8, 4) is 0 Å². The van der Waals surface area contributed by atoms with Gasteiger partial charge in [-0.2, -0.15) is 79.0 Å². The lowest BCUT2D eigenvalue weighted by Crippen LogP contribution is -2.70. The Labute approximate surface area is 155 Å². The van der Waals surface area contributed by atoms with Crippen LogP contribution in [0.25, 0.3) is 0 Å². The first-order chi connectivity index (χ1) is 12.9. The normalized spacial score (nSPS) is 18.2. The van der Waals surface area contributed by atoms with Crippen LogP contribution in [-0.4, -0.2) is 53.2 Å². The van der Waals surface area contributed by atoms with Crippen LogP contribution in [0, 0.1) is 0 Å². The molecule has 23 heteroatoms. The second kappa shape index (κ2) is 7.44. The summed E-state index contributed by atoms with van der Waals surface area (Å²) in [4.78, 5) is 8.23. The van der Waals surface area contributed by atoms with E-state index in [1.54, 1.807) is 9.05 Å². The summed E-state index contributed by atoms with van der Waals surface area (Å²) in [7, 11) is -8.01. The average molecular weight is 534 g/mol. The van der Waals surface area contributed by atoms with Gasteiger partial charge in [-0.15, -0.1) is 0 Å². The third kappa shape index (κ3) is 4.95. The molecule has 31 heavy (non-hydrogen) atoms. The Morgan fingerprint density at radius 2 is 0.742 bits per heavy atom. The van der Waals surface area contributed by atoms with Crippen LogP contribution in [-0.2, 0) is 13.6 Å². The van der Waals surface area contributed by atoms with Gasteiger partial charge >= 0.3 is 56.1 Å². The molecule has 0 amide bonds. The summed E-state index contributed by atoms with van der Waals surface area (Å²) in [6.07, 6.45) is -29.8. The van der Waals surface area contributed by atoms with Crippen LogP contribution in [0.1, 0.15) is 0 Å². The molecule has 0 aromatic carbocycles. The fourth-order valence-corrected chi connectivity index (χ4v) is 2.01. The van der Waals surface area contributed by atoms with Gasteiger partial charge in [0.1, 0.15) is 0 Å². The van der Waals surface area contributed by atoms with Crippen molar-refractivity contribution in [2.24, 2.45) is 0 Å². The van der Waals surface area contributed by atoms with E-state index in [0.29, 0.717) is 0 Å². The maximum absolute atomic E-state index is 13.1. The molecule has 0 bridgehead atoms. The van der Waals surface area contributed by atoms with E-state index in [2.05, 4.69) is 0 Å². The van der Waals surface area contributed by atoms with E-state index in [1.807, 2.05) is 0 Å². The Morgan fingerprint density at radius 3 is 1.03 bits per heavy atom. The number of phosphoric ester groups is 1. The molecule has 0 saturated heterocycles. The Balaban J connectivity index is 6.28. The molecule has 0 aliphatic heterocycles. The van der Waals surface area contributed by atoms with E-state index in [9.17, 15) is 83.6 Å². The number of hydrogen-bond donors (Lipinski definition) is 1. The fraction of sp³-hybridized carbons (Fsp3) is 1.00. The number of phosphoric acid groups is 1. The maximum atomic E-state index is 13.1. The summed E-state index contributed by atoms with van der Waals surface area (Å²) < 4.78 is 238. The molecular weight excluding hydrogens is 533 g/mol. The summed E-state index contributed by atoms with van der Waals surface area (Å²) in [6.45, 7) is 0.